The third-order valence-electron chi connectivity index (χ3n) is 9.62. The van der Waals surface area contributed by atoms with Crippen LogP contribution in [0.15, 0.2) is 0 Å². The van der Waals surface area contributed by atoms with E-state index >= 15 is 0 Å². The fourth-order valence-corrected chi connectivity index (χ4v) is 6.89. The average molecular weight is 937 g/mol. The van der Waals surface area contributed by atoms with Crippen LogP contribution in [0.4, 0.5) is 0 Å². The number of carboxylic acid groups (broad SMARTS) is 1. The number of nitrogens with one attached hydrogen (secondary N) is 7. The Balaban J connectivity index is 3.20. The summed E-state index contributed by atoms with van der Waals surface area (Å²) in [7, 11) is 0. The Morgan fingerprint density at radius 2 is 1.33 bits per heavy atom. The maximum atomic E-state index is 14.0. The standard InChI is InChI=1S/C37H64N10O14S2/c1-17(2)13-22(43-30(53)20(38)10-12-63-5)32(55)45-29(19(4)50)35(58)46-28(18(3)49)34(57)42-21(8-9-26(39)51)36(59)47-11-6-7-25(47)33(56)44-23(15-48)31(54)40-14-27(52)41-24(16-62)37(60)61/h17-25,28-29,48-50,62H,6-16,38H2,1-5H3,(H2,39,51)(H,40,54)(H,41,52)(H,42,57)(H,43,53)(H,44,56)(H,45,55)(H,46,58)(H,60,61)/t18-,19-,20+,21+,22+,23+,24+,25+,28+,29+/m1/s1. The number of rotatable bonds is 28. The Hall–Kier alpha value is -4.76. The molecule has 9 amide bonds. The number of primary amides is 1. The molecule has 10 atom stereocenters. The van der Waals surface area contributed by atoms with E-state index in [0.717, 1.165) is 11.8 Å². The number of nitrogens with two attached hydrogens (primary N) is 2. The van der Waals surface area contributed by atoms with Crippen LogP contribution in [0, 0.1) is 5.92 Å². The lowest BCUT2D eigenvalue weighted by atomic mass is 10.0. The number of hydrogen-bond acceptors (Lipinski definition) is 16. The third-order valence-corrected chi connectivity index (χ3v) is 10.6. The first-order valence-electron chi connectivity index (χ1n) is 20.2. The lowest BCUT2D eigenvalue weighted by molar-refractivity contribution is -0.143. The van der Waals surface area contributed by atoms with Gasteiger partial charge in [0.2, 0.25) is 53.2 Å². The summed E-state index contributed by atoms with van der Waals surface area (Å²) in [6.45, 7) is 4.19. The zero-order chi connectivity index (χ0) is 48.1. The van der Waals surface area contributed by atoms with Crippen molar-refractivity contribution in [3.8, 4) is 0 Å². The summed E-state index contributed by atoms with van der Waals surface area (Å²) in [6.07, 6.45) is -1.44. The summed E-state index contributed by atoms with van der Waals surface area (Å²) < 4.78 is 0. The van der Waals surface area contributed by atoms with Gasteiger partial charge in [0, 0.05) is 18.7 Å². The Bertz CT molecular complexity index is 1620. The molecule has 1 fully saturated rings. The van der Waals surface area contributed by atoms with Gasteiger partial charge in [-0.1, -0.05) is 13.8 Å². The first-order chi connectivity index (χ1) is 29.5. The summed E-state index contributed by atoms with van der Waals surface area (Å²) in [5, 5.41) is 56.3. The molecule has 0 aliphatic carbocycles. The van der Waals surface area contributed by atoms with Gasteiger partial charge in [0.15, 0.2) is 0 Å². The van der Waals surface area contributed by atoms with E-state index in [2.05, 4.69) is 49.8 Å². The molecule has 1 aliphatic heterocycles. The van der Waals surface area contributed by atoms with Gasteiger partial charge in [-0.05, 0) is 63.9 Å². The number of nitrogens with zero attached hydrogens (tertiary/aromatic N) is 1. The van der Waals surface area contributed by atoms with Crippen LogP contribution in [-0.4, -0.2) is 182 Å². The molecular formula is C37H64N10O14S2. The molecule has 1 heterocycles. The van der Waals surface area contributed by atoms with E-state index in [0.29, 0.717) is 12.2 Å². The first kappa shape index (κ1) is 56.3. The lowest BCUT2D eigenvalue weighted by Gasteiger charge is -2.31. The molecule has 0 saturated carbocycles. The van der Waals surface area contributed by atoms with Crippen molar-refractivity contribution in [3.05, 3.63) is 0 Å². The van der Waals surface area contributed by atoms with Crippen LogP contribution in [-0.2, 0) is 47.9 Å². The number of aliphatic hydroxyl groups excluding tert-OH is 3. The van der Waals surface area contributed by atoms with Crippen LogP contribution in [0.25, 0.3) is 0 Å². The fraction of sp³-hybridized carbons (Fsp3) is 0.730. The number of hydrogen-bond donors (Lipinski definition) is 14. The van der Waals surface area contributed by atoms with Crippen molar-refractivity contribution in [2.75, 3.05) is 37.5 Å². The van der Waals surface area contributed by atoms with Crippen LogP contribution in [0.5, 0.6) is 0 Å². The van der Waals surface area contributed by atoms with Gasteiger partial charge in [0.1, 0.15) is 42.3 Å². The van der Waals surface area contributed by atoms with Crippen molar-refractivity contribution in [3.63, 3.8) is 0 Å². The normalized spacial score (nSPS) is 17.9. The molecule has 15 N–H and O–H groups in total. The second-order valence-corrected chi connectivity index (χ2v) is 16.7. The minimum Gasteiger partial charge on any atom is -0.480 e. The van der Waals surface area contributed by atoms with Crippen molar-refractivity contribution in [1.29, 1.82) is 0 Å². The highest BCUT2D eigenvalue weighted by Crippen LogP contribution is 2.20. The van der Waals surface area contributed by atoms with Gasteiger partial charge in [0.25, 0.3) is 0 Å². The topological polar surface area (TPSA) is 391 Å². The SMILES string of the molecule is CSCC[C@H](N)C(=O)N[C@@H](CC(C)C)C(=O)N[C@H](C(=O)N[C@H](C(=O)N[C@@H](CCC(N)=O)C(=O)N1CCC[C@H]1C(=O)N[C@@H](CO)C(=O)NCC(=O)N[C@@H](CS)C(=O)O)[C@@H](C)O)[C@@H](C)O. The highest BCUT2D eigenvalue weighted by atomic mass is 32.2. The lowest BCUT2D eigenvalue weighted by Crippen LogP contribution is -2.63. The summed E-state index contributed by atoms with van der Waals surface area (Å²) in [6, 6.07) is -11.4. The maximum absolute atomic E-state index is 14.0. The van der Waals surface area contributed by atoms with Crippen LogP contribution < -0.4 is 48.7 Å². The van der Waals surface area contributed by atoms with Gasteiger partial charge in [0.05, 0.1) is 31.4 Å². The Kier molecular flexibility index (Phi) is 25.1. The zero-order valence-corrected chi connectivity index (χ0v) is 37.7. The second-order valence-electron chi connectivity index (χ2n) is 15.4. The molecule has 1 rings (SSSR count). The van der Waals surface area contributed by atoms with Gasteiger partial charge in [-0.25, -0.2) is 4.79 Å². The number of carboxylic acids is 1. The third kappa shape index (κ3) is 19.3. The molecule has 1 saturated heterocycles. The fourth-order valence-electron chi connectivity index (χ4n) is 6.16. The Labute approximate surface area is 374 Å². The van der Waals surface area contributed by atoms with E-state index in [1.807, 2.05) is 6.26 Å². The van der Waals surface area contributed by atoms with Crippen LogP contribution in [0.1, 0.15) is 66.2 Å². The highest BCUT2D eigenvalue weighted by Gasteiger charge is 2.41. The van der Waals surface area contributed by atoms with Gasteiger partial charge in [-0.15, -0.1) is 0 Å². The number of carbonyl (C=O) groups is 10. The molecule has 26 heteroatoms. The van der Waals surface area contributed by atoms with E-state index in [4.69, 9.17) is 16.6 Å². The number of carbonyl (C=O) groups excluding carboxylic acids is 9. The molecule has 0 aromatic rings. The molecule has 0 radical (unpaired) electrons. The summed E-state index contributed by atoms with van der Waals surface area (Å²) in [5.74, 6) is -9.44. The van der Waals surface area contributed by atoms with Crippen LogP contribution in [0.2, 0.25) is 0 Å². The monoisotopic (exact) mass is 936 g/mol. The Morgan fingerprint density at radius 1 is 0.762 bits per heavy atom. The van der Waals surface area contributed by atoms with Crippen LogP contribution in [0.3, 0.4) is 0 Å². The van der Waals surface area contributed by atoms with E-state index in [-0.39, 0.29) is 37.5 Å². The number of aliphatic hydroxyl groups is 3. The molecule has 0 unspecified atom stereocenters. The molecular weight excluding hydrogens is 873 g/mol. The molecule has 63 heavy (non-hydrogen) atoms. The maximum Gasteiger partial charge on any atom is 0.327 e. The van der Waals surface area contributed by atoms with Gasteiger partial charge >= 0.3 is 5.97 Å². The summed E-state index contributed by atoms with van der Waals surface area (Å²) in [4.78, 5) is 130. The molecule has 0 bridgehead atoms. The Morgan fingerprint density at radius 3 is 1.84 bits per heavy atom. The second kappa shape index (κ2) is 28.1. The van der Waals surface area contributed by atoms with Gasteiger partial charge < -0.3 is 74.0 Å². The summed E-state index contributed by atoms with van der Waals surface area (Å²) in [5.41, 5.74) is 11.3. The number of aliphatic carboxylic acids is 1. The average Bonchev–Trinajstić information content (AvgIpc) is 3.71. The van der Waals surface area contributed by atoms with E-state index in [9.17, 15) is 63.3 Å². The quantitative estimate of drug-likeness (QED) is 0.0325. The number of thioether (sulfide) groups is 1. The minimum absolute atomic E-state index is 0.0414. The molecule has 358 valence electrons. The summed E-state index contributed by atoms with van der Waals surface area (Å²) >= 11 is 5.31. The van der Waals surface area contributed by atoms with Crippen LogP contribution >= 0.6 is 24.4 Å². The van der Waals surface area contributed by atoms with Crippen molar-refractivity contribution in [1.82, 2.24) is 42.1 Å². The van der Waals surface area contributed by atoms with Gasteiger partial charge in [-0.2, -0.15) is 24.4 Å². The van der Waals surface area contributed by atoms with E-state index in [1.165, 1.54) is 18.7 Å². The number of amides is 9. The van der Waals surface area contributed by atoms with Crippen molar-refractivity contribution >= 4 is 83.5 Å². The minimum atomic E-state index is -1.82. The molecule has 0 aromatic carbocycles. The number of thiol groups is 1. The first-order valence-corrected chi connectivity index (χ1v) is 22.2. The zero-order valence-electron chi connectivity index (χ0n) is 36.0. The molecule has 0 aromatic heterocycles. The largest absolute Gasteiger partial charge is 0.480 e. The van der Waals surface area contributed by atoms with Gasteiger partial charge in [-0.3, -0.25) is 43.2 Å². The van der Waals surface area contributed by atoms with E-state index in [1.54, 1.807) is 13.8 Å². The molecule has 0 spiro atoms. The van der Waals surface area contributed by atoms with E-state index < -0.39 is 146 Å². The van der Waals surface area contributed by atoms with Crippen molar-refractivity contribution < 1.29 is 68.4 Å². The smallest absolute Gasteiger partial charge is 0.327 e. The highest BCUT2D eigenvalue weighted by molar-refractivity contribution is 7.98. The van der Waals surface area contributed by atoms with Crippen molar-refractivity contribution in [2.24, 2.45) is 17.4 Å². The number of likely N-dealkylation sites (tertiary alicyclic amines) is 1. The predicted octanol–water partition coefficient (Wildman–Crippen LogP) is -5.84. The predicted molar refractivity (Wildman–Crippen MR) is 230 cm³/mol. The van der Waals surface area contributed by atoms with Crippen molar-refractivity contribution in [2.45, 2.75) is 127 Å². The molecule has 24 nitrogen and oxygen atoms in total. The molecule has 1 aliphatic rings.